The van der Waals surface area contributed by atoms with E-state index in [1.807, 2.05) is 36.9 Å². The highest BCUT2D eigenvalue weighted by Crippen LogP contribution is 2.16. The van der Waals surface area contributed by atoms with Crippen molar-refractivity contribution < 1.29 is 0 Å². The summed E-state index contributed by atoms with van der Waals surface area (Å²) in [6.45, 7) is 5.73. The number of nitrogen functional groups attached to an aromatic ring is 1. The van der Waals surface area contributed by atoms with Crippen LogP contribution in [0.3, 0.4) is 0 Å². The third-order valence-corrected chi connectivity index (χ3v) is 2.58. The van der Waals surface area contributed by atoms with Crippen LogP contribution in [0.25, 0.3) is 11.5 Å². The normalized spacial score (nSPS) is 10.3. The first-order valence-electron chi connectivity index (χ1n) is 5.92. The Morgan fingerprint density at radius 1 is 1.11 bits per heavy atom. The van der Waals surface area contributed by atoms with Crippen LogP contribution in [0, 0.1) is 0 Å². The van der Waals surface area contributed by atoms with Gasteiger partial charge in [-0.2, -0.15) is 15.0 Å². The molecule has 6 nitrogen and oxygen atoms in total. The van der Waals surface area contributed by atoms with Crippen LogP contribution in [0.4, 0.5) is 11.9 Å². The summed E-state index contributed by atoms with van der Waals surface area (Å²) in [5.74, 6) is 1.31. The molecule has 0 saturated heterocycles. The van der Waals surface area contributed by atoms with Gasteiger partial charge in [-0.1, -0.05) is 6.07 Å². The van der Waals surface area contributed by atoms with Crippen molar-refractivity contribution in [2.45, 2.75) is 13.8 Å². The SMILES string of the molecule is CCN(CC)c1nc(N)nc(-c2ccccn2)n1. The number of pyridine rings is 1. The Morgan fingerprint density at radius 3 is 2.50 bits per heavy atom. The van der Waals surface area contributed by atoms with Gasteiger partial charge in [0, 0.05) is 19.3 Å². The predicted octanol–water partition coefficient (Wildman–Crippen LogP) is 1.36. The highest BCUT2D eigenvalue weighted by atomic mass is 15.3. The lowest BCUT2D eigenvalue weighted by atomic mass is 10.3. The van der Waals surface area contributed by atoms with Crippen molar-refractivity contribution in [1.82, 2.24) is 19.9 Å². The quantitative estimate of drug-likeness (QED) is 0.874. The monoisotopic (exact) mass is 244 g/mol. The molecule has 0 bridgehead atoms. The van der Waals surface area contributed by atoms with Gasteiger partial charge in [-0.25, -0.2) is 0 Å². The molecule has 0 spiro atoms. The zero-order valence-electron chi connectivity index (χ0n) is 10.5. The minimum absolute atomic E-state index is 0.215. The van der Waals surface area contributed by atoms with E-state index in [2.05, 4.69) is 19.9 Å². The van der Waals surface area contributed by atoms with Crippen molar-refractivity contribution in [2.24, 2.45) is 0 Å². The lowest BCUT2D eigenvalue weighted by molar-refractivity contribution is 0.815. The first-order chi connectivity index (χ1) is 8.74. The minimum Gasteiger partial charge on any atom is -0.368 e. The number of aromatic nitrogens is 4. The van der Waals surface area contributed by atoms with Gasteiger partial charge in [0.05, 0.1) is 0 Å². The van der Waals surface area contributed by atoms with Crippen LogP contribution in [0.2, 0.25) is 0 Å². The number of nitrogens with zero attached hydrogens (tertiary/aromatic N) is 5. The van der Waals surface area contributed by atoms with Gasteiger partial charge in [0.2, 0.25) is 11.9 Å². The van der Waals surface area contributed by atoms with Crippen LogP contribution in [-0.2, 0) is 0 Å². The molecule has 0 radical (unpaired) electrons. The summed E-state index contributed by atoms with van der Waals surface area (Å²) in [6.07, 6.45) is 1.70. The maximum absolute atomic E-state index is 5.73. The summed E-state index contributed by atoms with van der Waals surface area (Å²) in [4.78, 5) is 18.9. The van der Waals surface area contributed by atoms with Gasteiger partial charge in [-0.3, -0.25) is 4.98 Å². The van der Waals surface area contributed by atoms with Crippen molar-refractivity contribution in [3.63, 3.8) is 0 Å². The highest BCUT2D eigenvalue weighted by molar-refractivity contribution is 5.52. The van der Waals surface area contributed by atoms with Crippen molar-refractivity contribution in [3.05, 3.63) is 24.4 Å². The van der Waals surface area contributed by atoms with E-state index >= 15 is 0 Å². The first kappa shape index (κ1) is 12.2. The molecule has 18 heavy (non-hydrogen) atoms. The summed E-state index contributed by atoms with van der Waals surface area (Å²) < 4.78 is 0. The third-order valence-electron chi connectivity index (χ3n) is 2.58. The molecule has 2 rings (SSSR count). The average Bonchev–Trinajstić information content (AvgIpc) is 2.40. The lowest BCUT2D eigenvalue weighted by Gasteiger charge is -2.18. The number of rotatable bonds is 4. The van der Waals surface area contributed by atoms with E-state index in [1.165, 1.54) is 0 Å². The van der Waals surface area contributed by atoms with Gasteiger partial charge in [-0.05, 0) is 26.0 Å². The summed E-state index contributed by atoms with van der Waals surface area (Å²) in [5, 5.41) is 0. The van der Waals surface area contributed by atoms with Crippen LogP contribution in [-0.4, -0.2) is 33.0 Å². The van der Waals surface area contributed by atoms with E-state index in [1.54, 1.807) is 6.20 Å². The fourth-order valence-corrected chi connectivity index (χ4v) is 1.64. The summed E-state index contributed by atoms with van der Waals surface area (Å²) in [7, 11) is 0. The molecule has 0 fully saturated rings. The minimum atomic E-state index is 0.215. The standard InChI is InChI=1S/C12H16N6/c1-3-18(4-2)12-16-10(15-11(13)17-12)9-7-5-6-8-14-9/h5-8H,3-4H2,1-2H3,(H2,13,15,16,17). The fraction of sp³-hybridized carbons (Fsp3) is 0.333. The van der Waals surface area contributed by atoms with E-state index in [-0.39, 0.29) is 5.95 Å². The Bertz CT molecular complexity index is 509. The van der Waals surface area contributed by atoms with Gasteiger partial charge >= 0.3 is 0 Å². The molecule has 0 aromatic carbocycles. The number of hydrogen-bond donors (Lipinski definition) is 1. The van der Waals surface area contributed by atoms with Crippen LogP contribution >= 0.6 is 0 Å². The molecule has 2 aromatic rings. The van der Waals surface area contributed by atoms with Gasteiger partial charge in [0.15, 0.2) is 5.82 Å². The molecule has 0 atom stereocenters. The van der Waals surface area contributed by atoms with E-state index < -0.39 is 0 Å². The Hall–Kier alpha value is -2.24. The number of hydrogen-bond acceptors (Lipinski definition) is 6. The first-order valence-corrected chi connectivity index (χ1v) is 5.92. The number of anilines is 2. The molecular formula is C12H16N6. The van der Waals surface area contributed by atoms with Crippen molar-refractivity contribution in [1.29, 1.82) is 0 Å². The molecule has 0 aliphatic carbocycles. The summed E-state index contributed by atoms with van der Waals surface area (Å²) >= 11 is 0. The van der Waals surface area contributed by atoms with Gasteiger partial charge in [0.1, 0.15) is 5.69 Å². The van der Waals surface area contributed by atoms with Crippen LogP contribution in [0.5, 0.6) is 0 Å². The third kappa shape index (κ3) is 2.53. The average molecular weight is 244 g/mol. The van der Waals surface area contributed by atoms with Crippen molar-refractivity contribution >= 4 is 11.9 Å². The van der Waals surface area contributed by atoms with Gasteiger partial charge in [-0.15, -0.1) is 0 Å². The van der Waals surface area contributed by atoms with Crippen LogP contribution < -0.4 is 10.6 Å². The highest BCUT2D eigenvalue weighted by Gasteiger charge is 2.11. The van der Waals surface area contributed by atoms with Crippen LogP contribution in [0.1, 0.15) is 13.8 Å². The van der Waals surface area contributed by atoms with Crippen molar-refractivity contribution in [2.75, 3.05) is 23.7 Å². The maximum Gasteiger partial charge on any atom is 0.230 e. The van der Waals surface area contributed by atoms with Gasteiger partial charge in [0.25, 0.3) is 0 Å². The molecule has 0 unspecified atom stereocenters. The molecule has 0 aliphatic rings. The topological polar surface area (TPSA) is 80.8 Å². The zero-order chi connectivity index (χ0) is 13.0. The second kappa shape index (κ2) is 5.39. The Labute approximate surface area is 106 Å². The second-order valence-corrected chi connectivity index (χ2v) is 3.70. The van der Waals surface area contributed by atoms with Crippen LogP contribution in [0.15, 0.2) is 24.4 Å². The molecule has 94 valence electrons. The summed E-state index contributed by atoms with van der Waals surface area (Å²) in [5.41, 5.74) is 6.42. The molecule has 2 N–H and O–H groups in total. The molecule has 0 amide bonds. The van der Waals surface area contributed by atoms with E-state index in [9.17, 15) is 0 Å². The fourth-order valence-electron chi connectivity index (χ4n) is 1.64. The second-order valence-electron chi connectivity index (χ2n) is 3.70. The molecule has 0 aliphatic heterocycles. The van der Waals surface area contributed by atoms with E-state index in [0.29, 0.717) is 17.5 Å². The molecule has 2 aromatic heterocycles. The lowest BCUT2D eigenvalue weighted by Crippen LogP contribution is -2.25. The smallest absolute Gasteiger partial charge is 0.230 e. The molecular weight excluding hydrogens is 228 g/mol. The van der Waals surface area contributed by atoms with Crippen molar-refractivity contribution in [3.8, 4) is 11.5 Å². The Kier molecular flexibility index (Phi) is 3.66. The molecule has 0 saturated carbocycles. The molecule has 6 heteroatoms. The maximum atomic E-state index is 5.73. The number of nitrogens with two attached hydrogens (primary N) is 1. The Balaban J connectivity index is 2.44. The van der Waals surface area contributed by atoms with E-state index in [4.69, 9.17) is 5.73 Å². The van der Waals surface area contributed by atoms with Gasteiger partial charge < -0.3 is 10.6 Å². The summed E-state index contributed by atoms with van der Waals surface area (Å²) in [6, 6.07) is 5.58. The molecule has 2 heterocycles. The largest absolute Gasteiger partial charge is 0.368 e. The zero-order valence-corrected chi connectivity index (χ0v) is 10.5. The Morgan fingerprint density at radius 2 is 1.89 bits per heavy atom. The van der Waals surface area contributed by atoms with E-state index in [0.717, 1.165) is 13.1 Å². The predicted molar refractivity (Wildman–Crippen MR) is 71.0 cm³/mol.